The van der Waals surface area contributed by atoms with Crippen molar-refractivity contribution in [3.8, 4) is 11.8 Å². The number of benzene rings is 1. The molecule has 1 aromatic heterocycles. The average Bonchev–Trinajstić information content (AvgIpc) is 2.60. The van der Waals surface area contributed by atoms with Gasteiger partial charge in [0, 0.05) is 11.9 Å². The maximum Gasteiger partial charge on any atom is 0.182 e. The van der Waals surface area contributed by atoms with Gasteiger partial charge in [-0.25, -0.2) is 0 Å². The highest BCUT2D eigenvalue weighted by molar-refractivity contribution is 7.71. The molecule has 0 aliphatic carbocycles. The van der Waals surface area contributed by atoms with E-state index in [2.05, 4.69) is 11.1 Å². The Labute approximate surface area is 103 Å². The highest BCUT2D eigenvalue weighted by atomic mass is 35.5. The van der Waals surface area contributed by atoms with Crippen LogP contribution in [0, 0.1) is 23.0 Å². The number of hydrogen-bond donors (Lipinski definition) is 1. The second kappa shape index (κ2) is 4.12. The number of imidazole rings is 1. The first-order valence-corrected chi connectivity index (χ1v) is 5.39. The van der Waals surface area contributed by atoms with Crippen LogP contribution in [-0.2, 0) is 0 Å². The van der Waals surface area contributed by atoms with Gasteiger partial charge in [0.05, 0.1) is 22.3 Å². The summed E-state index contributed by atoms with van der Waals surface area (Å²) in [4.78, 5) is 2.94. The molecule has 0 saturated heterocycles. The quantitative estimate of drug-likeness (QED) is 0.788. The Morgan fingerprint density at radius 2 is 2.25 bits per heavy atom. The van der Waals surface area contributed by atoms with Gasteiger partial charge < -0.3 is 4.98 Å². The van der Waals surface area contributed by atoms with Crippen molar-refractivity contribution in [2.45, 2.75) is 6.92 Å². The lowest BCUT2D eigenvalue weighted by atomic mass is 10.2. The molecule has 0 spiro atoms. The van der Waals surface area contributed by atoms with Crippen LogP contribution in [0.5, 0.6) is 0 Å². The van der Waals surface area contributed by atoms with Gasteiger partial charge in [0.2, 0.25) is 0 Å². The molecule has 0 saturated carbocycles. The normalized spacial score (nSPS) is 10.1. The first-order valence-electron chi connectivity index (χ1n) is 4.60. The largest absolute Gasteiger partial charge is 0.337 e. The van der Waals surface area contributed by atoms with E-state index in [0.717, 1.165) is 11.4 Å². The zero-order valence-corrected chi connectivity index (χ0v) is 10.1. The van der Waals surface area contributed by atoms with Crippen molar-refractivity contribution in [2.24, 2.45) is 0 Å². The van der Waals surface area contributed by atoms with Crippen LogP contribution in [0.4, 0.5) is 0 Å². The number of nitrogens with zero attached hydrogens (tertiary/aromatic N) is 2. The summed E-state index contributed by atoms with van der Waals surface area (Å²) in [5.74, 6) is 0. The molecule has 0 radical (unpaired) electrons. The number of aromatic nitrogens is 2. The van der Waals surface area contributed by atoms with Gasteiger partial charge in [-0.15, -0.1) is 0 Å². The van der Waals surface area contributed by atoms with Crippen LogP contribution in [0.15, 0.2) is 24.4 Å². The van der Waals surface area contributed by atoms with Gasteiger partial charge in [0.25, 0.3) is 0 Å². The molecule has 3 nitrogen and oxygen atoms in total. The predicted molar refractivity (Wildman–Crippen MR) is 65.4 cm³/mol. The van der Waals surface area contributed by atoms with Crippen LogP contribution in [0.2, 0.25) is 5.02 Å². The summed E-state index contributed by atoms with van der Waals surface area (Å²) in [6, 6.07) is 7.18. The zero-order valence-electron chi connectivity index (χ0n) is 8.49. The first-order chi connectivity index (χ1) is 7.63. The van der Waals surface area contributed by atoms with Gasteiger partial charge in [-0.05, 0) is 37.3 Å². The van der Waals surface area contributed by atoms with E-state index in [-0.39, 0.29) is 0 Å². The SMILES string of the molecule is Cc1c[nH]c(=S)n1-c1cc(C#N)ccc1Cl. The van der Waals surface area contributed by atoms with Gasteiger partial charge in [-0.1, -0.05) is 11.6 Å². The summed E-state index contributed by atoms with van der Waals surface area (Å²) in [5, 5.41) is 9.42. The molecule has 1 N–H and O–H groups in total. The number of halogens is 1. The fourth-order valence-electron chi connectivity index (χ4n) is 1.51. The number of aryl methyl sites for hydroxylation is 1. The highest BCUT2D eigenvalue weighted by Crippen LogP contribution is 2.23. The molecule has 80 valence electrons. The topological polar surface area (TPSA) is 44.5 Å². The van der Waals surface area contributed by atoms with Gasteiger partial charge in [0.1, 0.15) is 0 Å². The van der Waals surface area contributed by atoms with Crippen LogP contribution >= 0.6 is 23.8 Å². The molecule has 0 bridgehead atoms. The summed E-state index contributed by atoms with van der Waals surface area (Å²) in [5.41, 5.74) is 2.23. The standard InChI is InChI=1S/C11H8ClN3S/c1-7-6-14-11(16)15(7)10-4-8(5-13)2-3-9(10)12/h2-4,6H,1H3,(H,14,16). The molecule has 1 aromatic carbocycles. The summed E-state index contributed by atoms with van der Waals surface area (Å²) in [6.45, 7) is 1.92. The number of H-pyrrole nitrogens is 1. The molecule has 0 atom stereocenters. The van der Waals surface area contributed by atoms with Crippen LogP contribution in [0.3, 0.4) is 0 Å². The Balaban J connectivity index is 2.74. The monoisotopic (exact) mass is 249 g/mol. The lowest BCUT2D eigenvalue weighted by Gasteiger charge is -2.07. The van der Waals surface area contributed by atoms with E-state index in [0.29, 0.717) is 15.4 Å². The van der Waals surface area contributed by atoms with E-state index in [1.54, 1.807) is 29.0 Å². The van der Waals surface area contributed by atoms with Gasteiger partial charge >= 0.3 is 0 Å². The highest BCUT2D eigenvalue weighted by Gasteiger charge is 2.07. The van der Waals surface area contributed by atoms with Crippen molar-refractivity contribution in [2.75, 3.05) is 0 Å². The van der Waals surface area contributed by atoms with E-state index in [1.807, 2.05) is 6.92 Å². The Hall–Kier alpha value is -1.57. The lowest BCUT2D eigenvalue weighted by molar-refractivity contribution is 0.984. The molecule has 16 heavy (non-hydrogen) atoms. The second-order valence-electron chi connectivity index (χ2n) is 3.35. The third-order valence-electron chi connectivity index (χ3n) is 2.28. The summed E-state index contributed by atoms with van der Waals surface area (Å²) in [6.07, 6.45) is 1.80. The van der Waals surface area contributed by atoms with Crippen LogP contribution < -0.4 is 0 Å². The molecular weight excluding hydrogens is 242 g/mol. The zero-order chi connectivity index (χ0) is 11.7. The third kappa shape index (κ3) is 1.75. The van der Waals surface area contributed by atoms with Crippen molar-refractivity contribution < 1.29 is 0 Å². The lowest BCUT2D eigenvalue weighted by Crippen LogP contribution is -1.98. The molecule has 2 rings (SSSR count). The van der Waals surface area contributed by atoms with Gasteiger partial charge in [-0.3, -0.25) is 4.57 Å². The molecule has 0 aliphatic heterocycles. The molecule has 5 heteroatoms. The number of hydrogen-bond acceptors (Lipinski definition) is 2. The maximum atomic E-state index is 8.85. The van der Waals surface area contributed by atoms with E-state index < -0.39 is 0 Å². The van der Waals surface area contributed by atoms with E-state index in [4.69, 9.17) is 29.1 Å². The minimum Gasteiger partial charge on any atom is -0.337 e. The summed E-state index contributed by atoms with van der Waals surface area (Å²) < 4.78 is 2.37. The Bertz CT molecular complexity index is 633. The summed E-state index contributed by atoms with van der Waals surface area (Å²) in [7, 11) is 0. The van der Waals surface area contributed by atoms with Crippen LogP contribution in [0.25, 0.3) is 5.69 Å². The number of aromatic amines is 1. The molecule has 0 fully saturated rings. The number of nitrogens with one attached hydrogen (secondary N) is 1. The molecule has 0 aliphatic rings. The second-order valence-corrected chi connectivity index (χ2v) is 4.14. The molecule has 2 aromatic rings. The van der Waals surface area contributed by atoms with Crippen molar-refractivity contribution >= 4 is 23.8 Å². The number of rotatable bonds is 1. The van der Waals surface area contributed by atoms with Crippen molar-refractivity contribution in [3.05, 3.63) is 45.4 Å². The molecule has 1 heterocycles. The fraction of sp³-hybridized carbons (Fsp3) is 0.0909. The van der Waals surface area contributed by atoms with E-state index >= 15 is 0 Å². The van der Waals surface area contributed by atoms with Crippen molar-refractivity contribution in [1.29, 1.82) is 5.26 Å². The first kappa shape index (κ1) is 10.9. The Kier molecular flexibility index (Phi) is 2.82. The Morgan fingerprint density at radius 3 is 2.81 bits per heavy atom. The Morgan fingerprint density at radius 1 is 1.50 bits per heavy atom. The maximum absolute atomic E-state index is 8.85. The third-order valence-corrected chi connectivity index (χ3v) is 2.90. The molecule has 0 unspecified atom stereocenters. The van der Waals surface area contributed by atoms with E-state index in [9.17, 15) is 0 Å². The van der Waals surface area contributed by atoms with E-state index in [1.165, 1.54) is 0 Å². The predicted octanol–water partition coefficient (Wildman–Crippen LogP) is 3.37. The van der Waals surface area contributed by atoms with Crippen molar-refractivity contribution in [1.82, 2.24) is 9.55 Å². The average molecular weight is 250 g/mol. The fourth-order valence-corrected chi connectivity index (χ4v) is 2.01. The minimum atomic E-state index is 0.557. The smallest absolute Gasteiger partial charge is 0.182 e. The minimum absolute atomic E-state index is 0.557. The number of nitriles is 1. The van der Waals surface area contributed by atoms with Crippen LogP contribution in [-0.4, -0.2) is 9.55 Å². The van der Waals surface area contributed by atoms with Crippen molar-refractivity contribution in [3.63, 3.8) is 0 Å². The molecule has 0 amide bonds. The van der Waals surface area contributed by atoms with Gasteiger partial charge in [-0.2, -0.15) is 5.26 Å². The van der Waals surface area contributed by atoms with Crippen LogP contribution in [0.1, 0.15) is 11.3 Å². The van der Waals surface area contributed by atoms with Gasteiger partial charge in [0.15, 0.2) is 4.77 Å². The summed E-state index contributed by atoms with van der Waals surface area (Å²) >= 11 is 11.3. The molecular formula is C11H8ClN3S.